The third-order valence-electron chi connectivity index (χ3n) is 4.53. The van der Waals surface area contributed by atoms with Crippen LogP contribution in [0.1, 0.15) is 56.1 Å². The first-order valence-corrected chi connectivity index (χ1v) is 9.88. The second-order valence-corrected chi connectivity index (χ2v) is 8.41. The number of ether oxygens (including phenoxy) is 3. The topological polar surface area (TPSA) is 73.9 Å². The first kappa shape index (κ1) is 21.4. The fourth-order valence-corrected chi connectivity index (χ4v) is 2.91. The highest BCUT2D eigenvalue weighted by atomic mass is 16.7. The molecule has 30 heavy (non-hydrogen) atoms. The van der Waals surface area contributed by atoms with E-state index in [9.17, 15) is 9.59 Å². The molecule has 2 aromatic carbocycles. The highest BCUT2D eigenvalue weighted by molar-refractivity contribution is 6.03. The number of hydrogen-bond acceptors (Lipinski definition) is 5. The number of amides is 1. The molecule has 0 saturated carbocycles. The lowest BCUT2D eigenvalue weighted by Gasteiger charge is -2.19. The molecule has 3 rings (SSSR count). The van der Waals surface area contributed by atoms with Crippen molar-refractivity contribution in [2.45, 2.75) is 46.1 Å². The lowest BCUT2D eigenvalue weighted by molar-refractivity contribution is -0.142. The molecule has 0 aromatic heterocycles. The summed E-state index contributed by atoms with van der Waals surface area (Å²) in [4.78, 5) is 25.4. The molecule has 6 nitrogen and oxygen atoms in total. The van der Waals surface area contributed by atoms with E-state index in [2.05, 4.69) is 26.1 Å². The van der Waals surface area contributed by atoms with E-state index in [0.29, 0.717) is 22.6 Å². The molecule has 0 bridgehead atoms. The van der Waals surface area contributed by atoms with Crippen molar-refractivity contribution in [3.8, 4) is 11.5 Å². The molecule has 0 aliphatic carbocycles. The van der Waals surface area contributed by atoms with Gasteiger partial charge in [-0.15, -0.1) is 0 Å². The van der Waals surface area contributed by atoms with Crippen molar-refractivity contribution in [1.29, 1.82) is 0 Å². The van der Waals surface area contributed by atoms with Crippen molar-refractivity contribution in [3.63, 3.8) is 0 Å². The van der Waals surface area contributed by atoms with Gasteiger partial charge in [-0.05, 0) is 60.7 Å². The van der Waals surface area contributed by atoms with E-state index in [-0.39, 0.29) is 29.9 Å². The highest BCUT2D eigenvalue weighted by Gasteiger charge is 2.20. The zero-order valence-corrected chi connectivity index (χ0v) is 17.9. The molecule has 0 spiro atoms. The smallest absolute Gasteiger partial charge is 0.355 e. The lowest BCUT2D eigenvalue weighted by atomic mass is 9.87. The molecule has 1 heterocycles. The Morgan fingerprint density at radius 1 is 1.03 bits per heavy atom. The monoisotopic (exact) mass is 409 g/mol. The average Bonchev–Trinajstić information content (AvgIpc) is 3.14. The molecular weight excluding hydrogens is 382 g/mol. The maximum absolute atomic E-state index is 12.8. The second-order valence-electron chi connectivity index (χ2n) is 8.41. The molecule has 1 amide bonds. The Labute approximate surface area is 176 Å². The molecule has 6 heteroatoms. The van der Waals surface area contributed by atoms with Crippen LogP contribution in [0.25, 0.3) is 6.08 Å². The van der Waals surface area contributed by atoms with Gasteiger partial charge in [0.1, 0.15) is 5.70 Å². The predicted molar refractivity (Wildman–Crippen MR) is 114 cm³/mol. The molecule has 1 aliphatic rings. The lowest BCUT2D eigenvalue weighted by Crippen LogP contribution is -2.29. The van der Waals surface area contributed by atoms with E-state index in [4.69, 9.17) is 14.2 Å². The fraction of sp³-hybridized carbons (Fsp3) is 0.333. The van der Waals surface area contributed by atoms with Gasteiger partial charge in [0.25, 0.3) is 5.91 Å². The minimum atomic E-state index is -0.609. The van der Waals surface area contributed by atoms with Crippen LogP contribution in [0.3, 0.4) is 0 Å². The summed E-state index contributed by atoms with van der Waals surface area (Å²) in [7, 11) is 0. The Bertz CT molecular complexity index is 968. The largest absolute Gasteiger partial charge is 0.458 e. The van der Waals surface area contributed by atoms with Crippen LogP contribution in [0.15, 0.2) is 48.2 Å². The first-order valence-electron chi connectivity index (χ1n) is 9.88. The van der Waals surface area contributed by atoms with Gasteiger partial charge in [-0.3, -0.25) is 4.79 Å². The Balaban J connectivity index is 1.85. The second kappa shape index (κ2) is 8.61. The summed E-state index contributed by atoms with van der Waals surface area (Å²) in [6, 6.07) is 12.6. The number of nitrogens with one attached hydrogen (secondary N) is 1. The van der Waals surface area contributed by atoms with E-state index in [0.717, 1.165) is 5.56 Å². The molecule has 1 N–H and O–H groups in total. The normalized spacial score (nSPS) is 13.3. The molecule has 0 atom stereocenters. The Hall–Kier alpha value is -3.28. The van der Waals surface area contributed by atoms with Crippen LogP contribution in [-0.2, 0) is 14.9 Å². The number of carbonyl (C=O) groups excluding carboxylic acids is 2. The van der Waals surface area contributed by atoms with Crippen LogP contribution >= 0.6 is 0 Å². The average molecular weight is 409 g/mol. The minimum absolute atomic E-state index is 0.0134. The van der Waals surface area contributed by atoms with Gasteiger partial charge < -0.3 is 19.5 Å². The van der Waals surface area contributed by atoms with Gasteiger partial charge in [0.2, 0.25) is 6.79 Å². The van der Waals surface area contributed by atoms with Crippen LogP contribution in [0.4, 0.5) is 0 Å². The van der Waals surface area contributed by atoms with Gasteiger partial charge in [0.15, 0.2) is 11.5 Å². The van der Waals surface area contributed by atoms with Crippen LogP contribution in [0, 0.1) is 0 Å². The minimum Gasteiger partial charge on any atom is -0.458 e. The summed E-state index contributed by atoms with van der Waals surface area (Å²) in [6.45, 7) is 9.99. The first-order chi connectivity index (χ1) is 14.1. The zero-order chi connectivity index (χ0) is 21.9. The van der Waals surface area contributed by atoms with Crippen LogP contribution in [0.2, 0.25) is 0 Å². The Morgan fingerprint density at radius 2 is 1.70 bits per heavy atom. The summed E-state index contributed by atoms with van der Waals surface area (Å²) < 4.78 is 16.0. The maximum atomic E-state index is 12.8. The van der Waals surface area contributed by atoms with Gasteiger partial charge in [0.05, 0.1) is 6.10 Å². The molecule has 0 fully saturated rings. The van der Waals surface area contributed by atoms with Crippen molar-refractivity contribution in [2.24, 2.45) is 0 Å². The number of benzene rings is 2. The maximum Gasteiger partial charge on any atom is 0.355 e. The summed E-state index contributed by atoms with van der Waals surface area (Å²) in [5.74, 6) is 0.233. The highest BCUT2D eigenvalue weighted by Crippen LogP contribution is 2.33. The van der Waals surface area contributed by atoms with Crippen molar-refractivity contribution in [3.05, 3.63) is 64.9 Å². The van der Waals surface area contributed by atoms with Crippen molar-refractivity contribution in [1.82, 2.24) is 5.32 Å². The van der Waals surface area contributed by atoms with E-state index in [1.165, 1.54) is 0 Å². The standard InChI is InChI=1S/C24H27NO5/c1-15(2)30-23(27)19(12-16-6-11-20-21(13-16)29-14-28-20)25-22(26)17-7-9-18(10-8-17)24(3,4)5/h6-13,15H,14H2,1-5H3,(H,25,26). The third kappa shape index (κ3) is 5.20. The number of esters is 1. The van der Waals surface area contributed by atoms with Crippen LogP contribution in [-0.4, -0.2) is 24.8 Å². The molecule has 2 aromatic rings. The van der Waals surface area contributed by atoms with Gasteiger partial charge in [0, 0.05) is 5.56 Å². The Morgan fingerprint density at radius 3 is 2.33 bits per heavy atom. The zero-order valence-electron chi connectivity index (χ0n) is 17.9. The number of carbonyl (C=O) groups is 2. The summed E-state index contributed by atoms with van der Waals surface area (Å²) in [5.41, 5.74) is 2.29. The Kier molecular flexibility index (Phi) is 6.15. The van der Waals surface area contributed by atoms with Gasteiger partial charge in [-0.2, -0.15) is 0 Å². The molecular formula is C24H27NO5. The van der Waals surface area contributed by atoms with Crippen molar-refractivity contribution >= 4 is 18.0 Å². The van der Waals surface area contributed by atoms with E-state index in [1.807, 2.05) is 12.1 Å². The third-order valence-corrected chi connectivity index (χ3v) is 4.53. The number of fused-ring (bicyclic) bond motifs is 1. The molecule has 0 radical (unpaired) electrons. The summed E-state index contributed by atoms with van der Waals surface area (Å²) in [5, 5.41) is 2.69. The van der Waals surface area contributed by atoms with Gasteiger partial charge in [-0.25, -0.2) is 4.79 Å². The summed E-state index contributed by atoms with van der Waals surface area (Å²) >= 11 is 0. The van der Waals surface area contributed by atoms with E-state index < -0.39 is 5.97 Å². The van der Waals surface area contributed by atoms with Crippen molar-refractivity contribution in [2.75, 3.05) is 6.79 Å². The van der Waals surface area contributed by atoms with E-state index >= 15 is 0 Å². The van der Waals surface area contributed by atoms with Gasteiger partial charge >= 0.3 is 5.97 Å². The molecule has 158 valence electrons. The van der Waals surface area contributed by atoms with Crippen molar-refractivity contribution < 1.29 is 23.8 Å². The predicted octanol–water partition coefficient (Wildman–Crippen LogP) is 4.44. The number of hydrogen-bond donors (Lipinski definition) is 1. The molecule has 1 aliphatic heterocycles. The van der Waals surface area contributed by atoms with E-state index in [1.54, 1.807) is 50.3 Å². The van der Waals surface area contributed by atoms with Gasteiger partial charge in [-0.1, -0.05) is 39.0 Å². The molecule has 0 saturated heterocycles. The molecule has 0 unspecified atom stereocenters. The fourth-order valence-electron chi connectivity index (χ4n) is 2.91. The quantitative estimate of drug-likeness (QED) is 0.584. The number of rotatable bonds is 5. The van der Waals surface area contributed by atoms with Crippen LogP contribution in [0.5, 0.6) is 11.5 Å². The summed E-state index contributed by atoms with van der Waals surface area (Å²) in [6.07, 6.45) is 1.24. The SMILES string of the molecule is CC(C)OC(=O)C(=Cc1ccc2c(c1)OCO2)NC(=O)c1ccc(C(C)(C)C)cc1. The van der Waals surface area contributed by atoms with Crippen LogP contribution < -0.4 is 14.8 Å².